The van der Waals surface area contributed by atoms with E-state index in [0.29, 0.717) is 16.3 Å². The van der Waals surface area contributed by atoms with E-state index in [-0.39, 0.29) is 35.9 Å². The van der Waals surface area contributed by atoms with Crippen molar-refractivity contribution in [2.75, 3.05) is 35.2 Å². The molecule has 2 N–H and O–H groups in total. The molecule has 3 amide bonds. The number of benzene rings is 2. The molecule has 0 aliphatic carbocycles. The summed E-state index contributed by atoms with van der Waals surface area (Å²) in [5.74, 6) is -0.366. The third-order valence-electron chi connectivity index (χ3n) is 5.68. The predicted octanol–water partition coefficient (Wildman–Crippen LogP) is 5.48. The first kappa shape index (κ1) is 24.7. The fourth-order valence-electron chi connectivity index (χ4n) is 3.73. The van der Waals surface area contributed by atoms with Crippen molar-refractivity contribution in [3.05, 3.63) is 57.4 Å². The van der Waals surface area contributed by atoms with E-state index in [1.807, 2.05) is 57.2 Å². The first-order valence-electron chi connectivity index (χ1n) is 10.8. The molecule has 2 aromatic carbocycles. The SMILES string of the molecule is CC(C)(C)c1cc(C(=O)N2CCS(=O)(=O)CC2)c(NC(=O)Nc2ccc(Br)c3ccccc23)s1. The van der Waals surface area contributed by atoms with Crippen LogP contribution in [0.25, 0.3) is 10.8 Å². The molecule has 1 fully saturated rings. The van der Waals surface area contributed by atoms with Gasteiger partial charge in [0.25, 0.3) is 5.91 Å². The van der Waals surface area contributed by atoms with Crippen molar-refractivity contribution < 1.29 is 18.0 Å². The van der Waals surface area contributed by atoms with Gasteiger partial charge in [-0.05, 0) is 29.0 Å². The summed E-state index contributed by atoms with van der Waals surface area (Å²) in [6.07, 6.45) is 0. The second kappa shape index (κ2) is 9.31. The van der Waals surface area contributed by atoms with Crippen LogP contribution in [-0.4, -0.2) is 49.9 Å². The summed E-state index contributed by atoms with van der Waals surface area (Å²) in [5, 5.41) is 8.06. The highest BCUT2D eigenvalue weighted by Crippen LogP contribution is 2.37. The van der Waals surface area contributed by atoms with Gasteiger partial charge in [-0.1, -0.05) is 61.0 Å². The normalized spacial score (nSPS) is 15.8. The Labute approximate surface area is 211 Å². The van der Waals surface area contributed by atoms with E-state index >= 15 is 0 Å². The molecular formula is C24H26BrN3O4S2. The lowest BCUT2D eigenvalue weighted by Crippen LogP contribution is -2.43. The number of urea groups is 1. The van der Waals surface area contributed by atoms with Gasteiger partial charge in [0.1, 0.15) is 5.00 Å². The van der Waals surface area contributed by atoms with Crippen LogP contribution in [0.2, 0.25) is 0 Å². The zero-order chi connectivity index (χ0) is 24.7. The molecule has 1 saturated heterocycles. The number of halogens is 1. The number of hydrogen-bond donors (Lipinski definition) is 2. The largest absolute Gasteiger partial charge is 0.337 e. The van der Waals surface area contributed by atoms with Crippen molar-refractivity contribution >= 4 is 70.5 Å². The maximum absolute atomic E-state index is 13.3. The van der Waals surface area contributed by atoms with Gasteiger partial charge in [-0.25, -0.2) is 13.2 Å². The number of anilines is 2. The minimum atomic E-state index is -3.11. The molecule has 1 aromatic heterocycles. The standard InChI is InChI=1S/C24H26BrN3O4S2/c1-24(2,3)20-14-17(22(29)28-10-12-34(31,32)13-11-28)21(33-20)27-23(30)26-19-9-8-18(25)15-6-4-5-7-16(15)19/h4-9,14H,10-13H2,1-3H3,(H2,26,27,30). The average molecular weight is 565 g/mol. The van der Waals surface area contributed by atoms with Crippen LogP contribution in [0.15, 0.2) is 46.9 Å². The van der Waals surface area contributed by atoms with Gasteiger partial charge in [0, 0.05) is 27.8 Å². The maximum atomic E-state index is 13.3. The zero-order valence-electron chi connectivity index (χ0n) is 19.1. The fourth-order valence-corrected chi connectivity index (χ4v) is 6.51. The Morgan fingerprint density at radius 1 is 1.00 bits per heavy atom. The van der Waals surface area contributed by atoms with E-state index in [0.717, 1.165) is 20.1 Å². The molecule has 0 unspecified atom stereocenters. The summed E-state index contributed by atoms with van der Waals surface area (Å²) < 4.78 is 24.5. The third-order valence-corrected chi connectivity index (χ3v) is 9.46. The van der Waals surface area contributed by atoms with Crippen molar-refractivity contribution in [2.45, 2.75) is 26.2 Å². The van der Waals surface area contributed by atoms with Gasteiger partial charge in [-0.2, -0.15) is 0 Å². The molecule has 7 nitrogen and oxygen atoms in total. The molecule has 180 valence electrons. The Morgan fingerprint density at radius 2 is 1.65 bits per heavy atom. The van der Waals surface area contributed by atoms with Crippen molar-refractivity contribution in [3.8, 4) is 0 Å². The number of rotatable bonds is 3. The fraction of sp³-hybridized carbons (Fsp3) is 0.333. The summed E-state index contributed by atoms with van der Waals surface area (Å²) in [6, 6.07) is 12.8. The highest BCUT2D eigenvalue weighted by Gasteiger charge is 2.30. The molecular weight excluding hydrogens is 538 g/mol. The molecule has 0 radical (unpaired) electrons. The van der Waals surface area contributed by atoms with Crippen LogP contribution in [0.3, 0.4) is 0 Å². The summed E-state index contributed by atoms with van der Waals surface area (Å²) in [7, 11) is -3.11. The average Bonchev–Trinajstić information content (AvgIpc) is 3.19. The number of carbonyl (C=O) groups excluding carboxylic acids is 2. The Hall–Kier alpha value is -2.43. The molecule has 2 heterocycles. The monoisotopic (exact) mass is 563 g/mol. The molecule has 0 spiro atoms. The topological polar surface area (TPSA) is 95.6 Å². The number of carbonyl (C=O) groups is 2. The van der Waals surface area contributed by atoms with Gasteiger partial charge in [-0.3, -0.25) is 10.1 Å². The second-order valence-corrected chi connectivity index (χ2v) is 13.5. The van der Waals surface area contributed by atoms with Crippen LogP contribution in [-0.2, 0) is 15.3 Å². The zero-order valence-corrected chi connectivity index (χ0v) is 22.4. The van der Waals surface area contributed by atoms with Crippen molar-refractivity contribution in [3.63, 3.8) is 0 Å². The lowest BCUT2D eigenvalue weighted by Gasteiger charge is -2.26. The molecule has 3 aromatic rings. The van der Waals surface area contributed by atoms with E-state index in [1.165, 1.54) is 11.3 Å². The predicted molar refractivity (Wildman–Crippen MR) is 142 cm³/mol. The molecule has 1 aliphatic rings. The summed E-state index contributed by atoms with van der Waals surface area (Å²) in [5.41, 5.74) is 0.812. The Kier molecular flexibility index (Phi) is 6.76. The lowest BCUT2D eigenvalue weighted by molar-refractivity contribution is 0.0771. The van der Waals surface area contributed by atoms with Gasteiger partial charge >= 0.3 is 6.03 Å². The molecule has 4 rings (SSSR count). The van der Waals surface area contributed by atoms with Crippen molar-refractivity contribution in [2.24, 2.45) is 0 Å². The minimum absolute atomic E-state index is 0.0467. The smallest absolute Gasteiger partial charge is 0.324 e. The summed E-state index contributed by atoms with van der Waals surface area (Å²) in [4.78, 5) is 28.8. The van der Waals surface area contributed by atoms with Crippen LogP contribution >= 0.6 is 27.3 Å². The summed E-state index contributed by atoms with van der Waals surface area (Å²) in [6.45, 7) is 6.42. The lowest BCUT2D eigenvalue weighted by atomic mass is 9.94. The second-order valence-electron chi connectivity index (χ2n) is 9.27. The first-order valence-corrected chi connectivity index (χ1v) is 14.3. The molecule has 0 atom stereocenters. The number of nitrogens with one attached hydrogen (secondary N) is 2. The van der Waals surface area contributed by atoms with Crippen LogP contribution in [0.5, 0.6) is 0 Å². The number of nitrogens with zero attached hydrogens (tertiary/aromatic N) is 1. The van der Waals surface area contributed by atoms with Crippen molar-refractivity contribution in [1.82, 2.24) is 4.90 Å². The van der Waals surface area contributed by atoms with E-state index in [9.17, 15) is 18.0 Å². The Morgan fingerprint density at radius 3 is 2.29 bits per heavy atom. The summed E-state index contributed by atoms with van der Waals surface area (Å²) >= 11 is 4.89. The van der Waals surface area contributed by atoms with Crippen LogP contribution in [0, 0.1) is 0 Å². The van der Waals surface area contributed by atoms with E-state index in [2.05, 4.69) is 26.6 Å². The van der Waals surface area contributed by atoms with E-state index in [1.54, 1.807) is 11.0 Å². The molecule has 0 bridgehead atoms. The number of fused-ring (bicyclic) bond motifs is 1. The van der Waals surface area contributed by atoms with Gasteiger partial charge in [-0.15, -0.1) is 11.3 Å². The Bertz CT molecular complexity index is 1360. The van der Waals surface area contributed by atoms with Gasteiger partial charge in [0.2, 0.25) is 0 Å². The van der Waals surface area contributed by atoms with Gasteiger partial charge in [0.15, 0.2) is 9.84 Å². The molecule has 34 heavy (non-hydrogen) atoms. The van der Waals surface area contributed by atoms with Gasteiger partial charge < -0.3 is 10.2 Å². The highest BCUT2D eigenvalue weighted by atomic mass is 79.9. The Balaban J connectivity index is 1.60. The first-order chi connectivity index (χ1) is 15.9. The molecule has 0 saturated carbocycles. The van der Waals surface area contributed by atoms with E-state index < -0.39 is 15.9 Å². The number of amides is 3. The molecule has 1 aliphatic heterocycles. The van der Waals surface area contributed by atoms with Crippen LogP contribution in [0.1, 0.15) is 36.0 Å². The van der Waals surface area contributed by atoms with E-state index in [4.69, 9.17) is 0 Å². The third kappa shape index (κ3) is 5.29. The van der Waals surface area contributed by atoms with Gasteiger partial charge in [0.05, 0.1) is 22.8 Å². The quantitative estimate of drug-likeness (QED) is 0.441. The highest BCUT2D eigenvalue weighted by molar-refractivity contribution is 9.10. The minimum Gasteiger partial charge on any atom is -0.337 e. The maximum Gasteiger partial charge on any atom is 0.324 e. The number of sulfone groups is 1. The van der Waals surface area contributed by atoms with Crippen molar-refractivity contribution in [1.29, 1.82) is 0 Å². The molecule has 10 heteroatoms. The number of thiophene rings is 1. The number of hydrogen-bond acceptors (Lipinski definition) is 5. The van der Waals surface area contributed by atoms with Crippen LogP contribution < -0.4 is 10.6 Å². The van der Waals surface area contributed by atoms with Crippen LogP contribution in [0.4, 0.5) is 15.5 Å².